The second-order valence-corrected chi connectivity index (χ2v) is 14.9. The lowest BCUT2D eigenvalue weighted by molar-refractivity contribution is 1.33. The first kappa shape index (κ1) is 34.1. The van der Waals surface area contributed by atoms with Crippen molar-refractivity contribution >= 4 is 43.3 Å². The van der Waals surface area contributed by atoms with Crippen molar-refractivity contribution in [1.29, 1.82) is 0 Å². The molecule has 0 atom stereocenters. The highest BCUT2D eigenvalue weighted by atomic mass is 32.1. The fraction of sp³-hybridized carbons (Fsp3) is 0.0385. The first-order chi connectivity index (χ1) is 27.1. The van der Waals surface area contributed by atoms with Crippen molar-refractivity contribution < 1.29 is 0 Å². The molecule has 3 heterocycles. The molecule has 0 fully saturated rings. The highest BCUT2D eigenvalue weighted by Gasteiger charge is 2.17. The molecule has 0 saturated heterocycles. The lowest BCUT2D eigenvalue weighted by Gasteiger charge is -2.15. The Morgan fingerprint density at radius 3 is 1.69 bits per heavy atom. The largest absolute Gasteiger partial charge is 0.256 e. The Balaban J connectivity index is 1.13. The smallest absolute Gasteiger partial charge is 0.0701 e. The van der Waals surface area contributed by atoms with Crippen molar-refractivity contribution in [1.82, 2.24) is 9.97 Å². The fourth-order valence-corrected chi connectivity index (χ4v) is 8.72. The molecule has 6 aromatic carbocycles. The van der Waals surface area contributed by atoms with Crippen LogP contribution in [0.5, 0.6) is 0 Å². The van der Waals surface area contributed by atoms with Crippen LogP contribution in [-0.4, -0.2) is 9.97 Å². The average Bonchev–Trinajstić information content (AvgIpc) is 3.59. The van der Waals surface area contributed by atoms with Crippen molar-refractivity contribution in [2.45, 2.75) is 13.3 Å². The van der Waals surface area contributed by atoms with Gasteiger partial charge in [-0.3, -0.25) is 9.97 Å². The number of allylic oxidation sites excluding steroid dienone is 2. The number of nitrogens with zero attached hydrogens (tertiary/aromatic N) is 2. The molecule has 9 aromatic rings. The van der Waals surface area contributed by atoms with Gasteiger partial charge in [0.15, 0.2) is 0 Å². The van der Waals surface area contributed by atoms with Crippen LogP contribution in [-0.2, 0) is 0 Å². The Morgan fingerprint density at radius 1 is 0.545 bits per heavy atom. The van der Waals surface area contributed by atoms with Crippen LogP contribution >= 0.6 is 11.3 Å². The zero-order valence-corrected chi connectivity index (χ0v) is 31.4. The van der Waals surface area contributed by atoms with Gasteiger partial charge in [0.05, 0.1) is 11.4 Å². The van der Waals surface area contributed by atoms with E-state index in [9.17, 15) is 0 Å². The van der Waals surface area contributed by atoms with Gasteiger partial charge in [-0.1, -0.05) is 134 Å². The summed E-state index contributed by atoms with van der Waals surface area (Å²) in [5, 5.41) is 3.81. The summed E-state index contributed by atoms with van der Waals surface area (Å²) in [5.74, 6) is 0. The summed E-state index contributed by atoms with van der Waals surface area (Å²) in [6, 6.07) is 60.4. The summed E-state index contributed by atoms with van der Waals surface area (Å²) in [5.41, 5.74) is 14.7. The van der Waals surface area contributed by atoms with E-state index < -0.39 is 0 Å². The molecule has 0 radical (unpaired) electrons. The van der Waals surface area contributed by atoms with Gasteiger partial charge >= 0.3 is 0 Å². The maximum atomic E-state index is 4.73. The fourth-order valence-electron chi connectivity index (χ4n) is 7.46. The minimum Gasteiger partial charge on any atom is -0.256 e. The summed E-state index contributed by atoms with van der Waals surface area (Å²) in [6.45, 7) is 6.99. The molecule has 9 rings (SSSR count). The van der Waals surface area contributed by atoms with Gasteiger partial charge in [-0.05, 0) is 128 Å². The summed E-state index contributed by atoms with van der Waals surface area (Å²) in [6.07, 6.45) is 6.78. The number of aromatic nitrogens is 2. The van der Waals surface area contributed by atoms with Crippen molar-refractivity contribution in [2.75, 3.05) is 0 Å². The van der Waals surface area contributed by atoms with Crippen LogP contribution in [0.4, 0.5) is 0 Å². The molecule has 0 bridgehead atoms. The van der Waals surface area contributed by atoms with E-state index in [-0.39, 0.29) is 0 Å². The van der Waals surface area contributed by atoms with E-state index >= 15 is 0 Å². The number of hydrogen-bond acceptors (Lipinski definition) is 3. The van der Waals surface area contributed by atoms with Crippen LogP contribution in [0.2, 0.25) is 0 Å². The molecule has 0 unspecified atom stereocenters. The predicted molar refractivity (Wildman–Crippen MR) is 235 cm³/mol. The van der Waals surface area contributed by atoms with Crippen LogP contribution < -0.4 is 0 Å². The maximum Gasteiger partial charge on any atom is 0.0701 e. The molecule has 262 valence electrons. The first-order valence-corrected chi connectivity index (χ1v) is 19.4. The van der Waals surface area contributed by atoms with Gasteiger partial charge in [0.1, 0.15) is 0 Å². The Bertz CT molecular complexity index is 2720. The monoisotopic (exact) mass is 722 g/mol. The quantitative estimate of drug-likeness (QED) is 0.148. The number of fused-ring (bicyclic) bond motifs is 2. The number of thiophene rings is 1. The van der Waals surface area contributed by atoms with Crippen LogP contribution in [0.25, 0.3) is 76.8 Å². The number of pyridine rings is 2. The number of aryl methyl sites for hydroxylation is 1. The highest BCUT2D eigenvalue weighted by Crippen LogP contribution is 2.41. The molecule has 3 heteroatoms. The molecule has 0 spiro atoms. The van der Waals surface area contributed by atoms with Crippen LogP contribution in [0.3, 0.4) is 0 Å². The van der Waals surface area contributed by atoms with Gasteiger partial charge in [-0.2, -0.15) is 0 Å². The van der Waals surface area contributed by atoms with Crippen LogP contribution in [0.15, 0.2) is 195 Å². The molecule has 3 aromatic heterocycles. The molecule has 0 N–H and O–H groups in total. The summed E-state index contributed by atoms with van der Waals surface area (Å²) in [7, 11) is 0. The summed E-state index contributed by atoms with van der Waals surface area (Å²) in [4.78, 5) is 10.4. The van der Waals surface area contributed by atoms with E-state index in [0.29, 0.717) is 6.42 Å². The Hall–Kier alpha value is -6.68. The standard InChI is InChI=1S/C52H38N2S/c1-35(20-29-48(47-16-11-13-39-12-3-4-15-46(39)47)52-36(2)45-14-5-6-19-51(45)55-52)42-32-43(37-21-25-40(26-22-37)49-17-7-9-30-53-49)34-44(33-42)38-23-27-41(28-24-38)50-18-8-10-31-54-50/h3-19,21-34H,1,20H2,2H3/b48-29-. The Kier molecular flexibility index (Phi) is 9.29. The second-order valence-electron chi connectivity index (χ2n) is 13.9. The summed E-state index contributed by atoms with van der Waals surface area (Å²) < 4.78 is 1.31. The predicted octanol–water partition coefficient (Wildman–Crippen LogP) is 14.4. The van der Waals surface area contributed by atoms with E-state index in [1.165, 1.54) is 42.4 Å². The van der Waals surface area contributed by atoms with Crippen molar-refractivity contribution in [3.05, 3.63) is 216 Å². The van der Waals surface area contributed by atoms with Crippen molar-refractivity contribution in [3.63, 3.8) is 0 Å². The molecule has 55 heavy (non-hydrogen) atoms. The highest BCUT2D eigenvalue weighted by molar-refractivity contribution is 7.20. The van der Waals surface area contributed by atoms with Crippen LogP contribution in [0.1, 0.15) is 28.0 Å². The molecule has 0 amide bonds. The lowest BCUT2D eigenvalue weighted by Crippen LogP contribution is -1.92. The van der Waals surface area contributed by atoms with Gasteiger partial charge in [0.25, 0.3) is 0 Å². The molecule has 0 aliphatic rings. The van der Waals surface area contributed by atoms with Gasteiger partial charge in [-0.15, -0.1) is 11.3 Å². The average molecular weight is 723 g/mol. The van der Waals surface area contributed by atoms with Crippen molar-refractivity contribution in [3.8, 4) is 44.8 Å². The van der Waals surface area contributed by atoms with Crippen LogP contribution in [0, 0.1) is 6.92 Å². The third-order valence-electron chi connectivity index (χ3n) is 10.4. The SMILES string of the molecule is C=C(C/C=C(\c1sc2ccccc2c1C)c1cccc2ccccc12)c1cc(-c2ccc(-c3ccccn3)cc2)cc(-c2ccc(-c3ccccn3)cc2)c1. The van der Waals surface area contributed by atoms with Gasteiger partial charge < -0.3 is 0 Å². The molecule has 0 saturated carbocycles. The molecular formula is C52H38N2S. The molecular weight excluding hydrogens is 685 g/mol. The first-order valence-electron chi connectivity index (χ1n) is 18.6. The third kappa shape index (κ3) is 6.94. The van der Waals surface area contributed by atoms with E-state index in [1.807, 2.05) is 60.1 Å². The topological polar surface area (TPSA) is 25.8 Å². The molecule has 2 nitrogen and oxygen atoms in total. The third-order valence-corrected chi connectivity index (χ3v) is 11.7. The number of rotatable bonds is 9. The summed E-state index contributed by atoms with van der Waals surface area (Å²) >= 11 is 1.87. The van der Waals surface area contributed by atoms with Crippen molar-refractivity contribution in [2.24, 2.45) is 0 Å². The maximum absolute atomic E-state index is 4.73. The Labute approximate surface area is 326 Å². The van der Waals surface area contributed by atoms with E-state index in [4.69, 9.17) is 6.58 Å². The lowest BCUT2D eigenvalue weighted by atomic mass is 9.90. The normalized spacial score (nSPS) is 11.6. The zero-order chi connectivity index (χ0) is 37.1. The van der Waals surface area contributed by atoms with Gasteiger partial charge in [0, 0.05) is 33.1 Å². The minimum absolute atomic E-state index is 0.701. The Morgan fingerprint density at radius 2 is 1.09 bits per heavy atom. The van der Waals surface area contributed by atoms with E-state index in [1.54, 1.807) is 0 Å². The number of benzene rings is 6. The zero-order valence-electron chi connectivity index (χ0n) is 30.6. The van der Waals surface area contributed by atoms with E-state index in [0.717, 1.165) is 55.9 Å². The number of hydrogen-bond donors (Lipinski definition) is 0. The van der Waals surface area contributed by atoms with Gasteiger partial charge in [0.2, 0.25) is 0 Å². The van der Waals surface area contributed by atoms with E-state index in [2.05, 4.69) is 156 Å². The molecule has 0 aliphatic heterocycles. The second kappa shape index (κ2) is 15.0. The minimum atomic E-state index is 0.701. The van der Waals surface area contributed by atoms with Gasteiger partial charge in [-0.25, -0.2) is 0 Å². The molecule has 0 aliphatic carbocycles.